The highest BCUT2D eigenvalue weighted by Crippen LogP contribution is 2.25. The maximum Gasteiger partial charge on any atom is 0.0863 e. The topological polar surface area (TPSA) is 29.9 Å². The summed E-state index contributed by atoms with van der Waals surface area (Å²) >= 11 is 6.27. The fraction of sp³-hybridized carbons (Fsp3) is 0.750. The second kappa shape index (κ2) is 5.19. The molecule has 4 heteroatoms. The number of aromatic nitrogens is 2. The van der Waals surface area contributed by atoms with Crippen LogP contribution in [0, 0.1) is 5.92 Å². The molecule has 0 saturated heterocycles. The lowest BCUT2D eigenvalue weighted by molar-refractivity contribution is 0.300. The van der Waals surface area contributed by atoms with Crippen molar-refractivity contribution in [3.8, 4) is 0 Å². The SMILES string of the molecule is CCc1nn(C)c(CNCC2CCC2)c1Cl. The summed E-state index contributed by atoms with van der Waals surface area (Å²) in [6.45, 7) is 4.03. The van der Waals surface area contributed by atoms with Crippen LogP contribution in [-0.2, 0) is 20.0 Å². The molecule has 1 aliphatic carbocycles. The molecule has 3 nitrogen and oxygen atoms in total. The summed E-state index contributed by atoms with van der Waals surface area (Å²) < 4.78 is 1.90. The van der Waals surface area contributed by atoms with E-state index in [1.807, 2.05) is 11.7 Å². The van der Waals surface area contributed by atoms with Crippen molar-refractivity contribution in [1.82, 2.24) is 15.1 Å². The van der Waals surface area contributed by atoms with Gasteiger partial charge in [0.2, 0.25) is 0 Å². The van der Waals surface area contributed by atoms with E-state index < -0.39 is 0 Å². The van der Waals surface area contributed by atoms with Gasteiger partial charge in [0.25, 0.3) is 0 Å². The Morgan fingerprint density at radius 2 is 2.25 bits per heavy atom. The van der Waals surface area contributed by atoms with Crippen LogP contribution < -0.4 is 5.32 Å². The fourth-order valence-electron chi connectivity index (χ4n) is 2.10. The van der Waals surface area contributed by atoms with Crippen molar-refractivity contribution in [3.05, 3.63) is 16.4 Å². The van der Waals surface area contributed by atoms with Gasteiger partial charge in [0.05, 0.1) is 16.4 Å². The summed E-state index contributed by atoms with van der Waals surface area (Å²) in [4.78, 5) is 0. The van der Waals surface area contributed by atoms with Gasteiger partial charge in [0, 0.05) is 13.6 Å². The predicted molar refractivity (Wildman–Crippen MR) is 66.6 cm³/mol. The lowest BCUT2D eigenvalue weighted by atomic mass is 9.85. The molecule has 0 atom stereocenters. The van der Waals surface area contributed by atoms with E-state index in [4.69, 9.17) is 11.6 Å². The van der Waals surface area contributed by atoms with Gasteiger partial charge in [-0.15, -0.1) is 0 Å². The maximum atomic E-state index is 6.27. The van der Waals surface area contributed by atoms with Crippen molar-refractivity contribution < 1.29 is 0 Å². The Kier molecular flexibility index (Phi) is 3.87. The standard InChI is InChI=1S/C12H20ClN3/c1-3-10-12(13)11(16(2)15-10)8-14-7-9-5-4-6-9/h9,14H,3-8H2,1-2H3. The molecule has 1 aromatic rings. The molecule has 0 radical (unpaired) electrons. The molecule has 0 bridgehead atoms. The average Bonchev–Trinajstić information content (AvgIpc) is 2.47. The number of nitrogens with zero attached hydrogens (tertiary/aromatic N) is 2. The number of hydrogen-bond acceptors (Lipinski definition) is 2. The van der Waals surface area contributed by atoms with Crippen molar-refractivity contribution in [2.45, 2.75) is 39.2 Å². The molecule has 0 unspecified atom stereocenters. The number of halogens is 1. The van der Waals surface area contributed by atoms with Crippen LogP contribution in [0.1, 0.15) is 37.6 Å². The molecule has 1 saturated carbocycles. The second-order valence-electron chi connectivity index (χ2n) is 4.61. The summed E-state index contributed by atoms with van der Waals surface area (Å²) in [6, 6.07) is 0. The molecule has 1 heterocycles. The van der Waals surface area contributed by atoms with Gasteiger partial charge in [0.1, 0.15) is 0 Å². The highest BCUT2D eigenvalue weighted by Gasteiger charge is 2.17. The Labute approximate surface area is 102 Å². The van der Waals surface area contributed by atoms with Crippen LogP contribution in [0.15, 0.2) is 0 Å². The summed E-state index contributed by atoms with van der Waals surface area (Å²) in [5, 5.41) is 8.72. The molecule has 0 aromatic carbocycles. The van der Waals surface area contributed by atoms with Crippen molar-refractivity contribution in [2.75, 3.05) is 6.54 Å². The third-order valence-electron chi connectivity index (χ3n) is 3.45. The molecule has 90 valence electrons. The lowest BCUT2D eigenvalue weighted by Gasteiger charge is -2.25. The fourth-order valence-corrected chi connectivity index (χ4v) is 2.46. The van der Waals surface area contributed by atoms with Crippen molar-refractivity contribution in [1.29, 1.82) is 0 Å². The molecular formula is C12H20ClN3. The van der Waals surface area contributed by atoms with E-state index in [9.17, 15) is 0 Å². The van der Waals surface area contributed by atoms with Gasteiger partial charge in [-0.1, -0.05) is 24.9 Å². The van der Waals surface area contributed by atoms with Gasteiger partial charge in [0.15, 0.2) is 0 Å². The van der Waals surface area contributed by atoms with Crippen molar-refractivity contribution in [3.63, 3.8) is 0 Å². The minimum atomic E-state index is 0.832. The van der Waals surface area contributed by atoms with Crippen LogP contribution in [0.3, 0.4) is 0 Å². The zero-order chi connectivity index (χ0) is 11.5. The number of rotatable bonds is 5. The van der Waals surface area contributed by atoms with Gasteiger partial charge in [-0.3, -0.25) is 4.68 Å². The Hall–Kier alpha value is -0.540. The summed E-state index contributed by atoms with van der Waals surface area (Å²) in [7, 11) is 1.96. The Morgan fingerprint density at radius 1 is 1.50 bits per heavy atom. The number of nitrogens with one attached hydrogen (secondary N) is 1. The third kappa shape index (κ3) is 2.41. The van der Waals surface area contributed by atoms with Crippen molar-refractivity contribution in [2.24, 2.45) is 13.0 Å². The first-order valence-corrected chi connectivity index (χ1v) is 6.51. The van der Waals surface area contributed by atoms with E-state index in [0.29, 0.717) is 0 Å². The van der Waals surface area contributed by atoms with Crippen LogP contribution in [-0.4, -0.2) is 16.3 Å². The summed E-state index contributed by atoms with van der Waals surface area (Å²) in [5.74, 6) is 0.887. The zero-order valence-corrected chi connectivity index (χ0v) is 10.8. The van der Waals surface area contributed by atoms with E-state index in [0.717, 1.165) is 41.8 Å². The molecule has 1 N–H and O–H groups in total. The van der Waals surface area contributed by atoms with Gasteiger partial charge in [-0.2, -0.15) is 5.10 Å². The average molecular weight is 242 g/mol. The highest BCUT2D eigenvalue weighted by atomic mass is 35.5. The quantitative estimate of drug-likeness (QED) is 0.859. The second-order valence-corrected chi connectivity index (χ2v) is 4.99. The van der Waals surface area contributed by atoms with Crippen molar-refractivity contribution >= 4 is 11.6 Å². The van der Waals surface area contributed by atoms with Gasteiger partial charge in [-0.25, -0.2) is 0 Å². The first-order chi connectivity index (χ1) is 7.72. The molecular weight excluding hydrogens is 222 g/mol. The first-order valence-electron chi connectivity index (χ1n) is 6.13. The third-order valence-corrected chi connectivity index (χ3v) is 3.89. The van der Waals surface area contributed by atoms with Crippen LogP contribution in [0.25, 0.3) is 0 Å². The molecule has 16 heavy (non-hydrogen) atoms. The van der Waals surface area contributed by atoms with Crippen LogP contribution in [0.4, 0.5) is 0 Å². The van der Waals surface area contributed by atoms with E-state index in [1.54, 1.807) is 0 Å². The Balaban J connectivity index is 1.89. The Morgan fingerprint density at radius 3 is 2.75 bits per heavy atom. The normalized spacial score (nSPS) is 16.4. The molecule has 0 spiro atoms. The number of hydrogen-bond donors (Lipinski definition) is 1. The van der Waals surface area contributed by atoms with Crippen LogP contribution in [0.2, 0.25) is 5.02 Å². The minimum absolute atomic E-state index is 0.832. The summed E-state index contributed by atoms with van der Waals surface area (Å²) in [6.07, 6.45) is 5.06. The molecule has 1 aliphatic rings. The van der Waals surface area contributed by atoms with E-state index in [1.165, 1.54) is 19.3 Å². The monoisotopic (exact) mass is 241 g/mol. The number of aryl methyl sites for hydroxylation is 2. The minimum Gasteiger partial charge on any atom is -0.311 e. The molecule has 2 rings (SSSR count). The first kappa shape index (κ1) is 11.9. The zero-order valence-electron chi connectivity index (χ0n) is 10.1. The highest BCUT2D eigenvalue weighted by molar-refractivity contribution is 6.31. The Bertz CT molecular complexity index is 355. The van der Waals surface area contributed by atoms with E-state index in [2.05, 4.69) is 17.3 Å². The van der Waals surface area contributed by atoms with Crippen LogP contribution in [0.5, 0.6) is 0 Å². The maximum absolute atomic E-state index is 6.27. The van der Waals surface area contributed by atoms with Gasteiger partial charge in [-0.05, 0) is 31.7 Å². The van der Waals surface area contributed by atoms with E-state index >= 15 is 0 Å². The molecule has 0 aliphatic heterocycles. The molecule has 0 amide bonds. The predicted octanol–water partition coefficient (Wildman–Crippen LogP) is 2.53. The largest absolute Gasteiger partial charge is 0.311 e. The lowest BCUT2D eigenvalue weighted by Crippen LogP contribution is -2.27. The van der Waals surface area contributed by atoms with Crippen LogP contribution >= 0.6 is 11.6 Å². The van der Waals surface area contributed by atoms with Gasteiger partial charge < -0.3 is 5.32 Å². The smallest absolute Gasteiger partial charge is 0.0863 e. The molecule has 1 aromatic heterocycles. The van der Waals surface area contributed by atoms with Gasteiger partial charge >= 0.3 is 0 Å². The van der Waals surface area contributed by atoms with E-state index in [-0.39, 0.29) is 0 Å². The molecule has 1 fully saturated rings. The summed E-state index contributed by atoms with van der Waals surface area (Å²) in [5.41, 5.74) is 2.11.